The zero-order chi connectivity index (χ0) is 40.3. The van der Waals surface area contributed by atoms with E-state index in [0.29, 0.717) is 39.1 Å². The number of sulfonamides is 1. The summed E-state index contributed by atoms with van der Waals surface area (Å²) in [7, 11) is -5.19. The number of H-pyrrole nitrogens is 1. The Hall–Kier alpha value is -3.96. The number of nitrogens with zero attached hydrogens (tertiary/aromatic N) is 2. The molecule has 1 unspecified atom stereocenters. The van der Waals surface area contributed by atoms with Crippen LogP contribution in [0.2, 0.25) is 0 Å². The lowest BCUT2D eigenvalue weighted by Gasteiger charge is -2.53. The number of nitro benzene ring substituents is 1. The highest BCUT2D eigenvalue weighted by atomic mass is 35.5. The largest absolute Gasteiger partial charge is 0.493 e. The maximum absolute atomic E-state index is 14.2. The van der Waals surface area contributed by atoms with Gasteiger partial charge in [-0.15, -0.1) is 11.6 Å². The first-order chi connectivity index (χ1) is 24.9. The van der Waals surface area contributed by atoms with E-state index in [1.54, 1.807) is 53.7 Å². The molecule has 16 nitrogen and oxygen atoms in total. The van der Waals surface area contributed by atoms with Gasteiger partial charge in [0, 0.05) is 29.8 Å². The fourth-order valence-electron chi connectivity index (χ4n) is 7.46. The molecule has 0 saturated carbocycles. The lowest BCUT2D eigenvalue weighted by atomic mass is 9.61. The Morgan fingerprint density at radius 2 is 1.65 bits per heavy atom. The quantitative estimate of drug-likeness (QED) is 0.0525. The fraction of sp³-hybridized carbons (Fsp3) is 0.457. The number of halogens is 1. The van der Waals surface area contributed by atoms with E-state index in [4.69, 9.17) is 30.3 Å². The van der Waals surface area contributed by atoms with Gasteiger partial charge in [-0.3, -0.25) is 19.4 Å². The molecule has 1 amide bonds. The summed E-state index contributed by atoms with van der Waals surface area (Å²) in [4.78, 5) is 49.4. The van der Waals surface area contributed by atoms with Crippen LogP contribution in [0, 0.1) is 20.9 Å². The zero-order valence-corrected chi connectivity index (χ0v) is 33.7. The summed E-state index contributed by atoms with van der Waals surface area (Å²) in [6.07, 6.45) is 0. The molecule has 0 saturated heterocycles. The van der Waals surface area contributed by atoms with E-state index in [1.165, 1.54) is 50.5 Å². The number of ether oxygens (including phenoxy) is 3. The highest BCUT2D eigenvalue weighted by Gasteiger charge is 2.54. The Labute approximate surface area is 317 Å². The minimum absolute atomic E-state index is 0.0100. The van der Waals surface area contributed by atoms with Crippen molar-refractivity contribution in [3.63, 3.8) is 0 Å². The molecule has 4 N–H and O–H groups in total. The number of phosphoric acid groups is 1. The van der Waals surface area contributed by atoms with E-state index in [0.717, 1.165) is 0 Å². The van der Waals surface area contributed by atoms with Gasteiger partial charge < -0.3 is 33.9 Å². The van der Waals surface area contributed by atoms with Crippen LogP contribution in [0.15, 0.2) is 41.3 Å². The molecule has 0 bridgehead atoms. The summed E-state index contributed by atoms with van der Waals surface area (Å²) in [6, 6.07) is 8.43. The molecule has 0 radical (unpaired) electrons. The zero-order valence-electron chi connectivity index (χ0n) is 31.3. The van der Waals surface area contributed by atoms with Gasteiger partial charge in [-0.2, -0.15) is 0 Å². The number of methoxy groups -OCH3 is 3. The SMILES string of the molecule is COc1cc2cc(C(=O)N3CC(CCl)c4c3cc([N+](=O)[O-])c3cc(S(=O)(=O)NC(COP(=O)(O)O)(C(C)(C)C)C(C)(C)C)ccc43)[nH]c2c(OC)c1OC. The molecule has 0 aliphatic carbocycles. The normalized spacial score (nSPS) is 15.5. The number of fused-ring (bicyclic) bond motifs is 4. The second-order valence-electron chi connectivity index (χ2n) is 15.1. The fourth-order valence-corrected chi connectivity index (χ4v) is 9.84. The van der Waals surface area contributed by atoms with Gasteiger partial charge in [0.15, 0.2) is 11.5 Å². The van der Waals surface area contributed by atoms with Gasteiger partial charge in [-0.25, -0.2) is 17.7 Å². The average Bonchev–Trinajstić information content (AvgIpc) is 3.68. The molecule has 1 aromatic heterocycles. The molecule has 1 atom stereocenters. The predicted octanol–water partition coefficient (Wildman–Crippen LogP) is 6.46. The molecule has 19 heteroatoms. The van der Waals surface area contributed by atoms with E-state index in [1.807, 2.05) is 0 Å². The molecule has 1 aliphatic heterocycles. The van der Waals surface area contributed by atoms with Crippen LogP contribution in [-0.4, -0.2) is 79.9 Å². The minimum Gasteiger partial charge on any atom is -0.493 e. The summed E-state index contributed by atoms with van der Waals surface area (Å²) in [5.74, 6) is 0.0642. The number of nitro groups is 1. The monoisotopic (exact) mass is 810 g/mol. The van der Waals surface area contributed by atoms with Crippen LogP contribution in [0.4, 0.5) is 11.4 Å². The lowest BCUT2D eigenvalue weighted by Crippen LogP contribution is -2.67. The standard InChI is InChI=1S/C35H44ClN4O12PS/c1-33(2,3)35(34(4,5)6,18-52-53(44,45)46)38-54(47,48)21-10-11-22-23(14-21)25(40(42)43)15-26-28(22)20(16-36)17-39(26)32(41)24-12-19-13-27(49-7)30(50-8)31(51-9)29(19)37-24/h10-15,20,37-38H,16-18H2,1-9H3,(H2,44,45,46). The number of alkyl halides is 1. The first-order valence-electron chi connectivity index (χ1n) is 16.6. The summed E-state index contributed by atoms with van der Waals surface area (Å²) < 4.78 is 64.3. The molecule has 5 rings (SSSR count). The number of rotatable bonds is 12. The first kappa shape index (κ1) is 41.2. The number of aromatic amines is 1. The number of phosphoric ester groups is 1. The molecule has 4 aromatic rings. The summed E-state index contributed by atoms with van der Waals surface area (Å²) >= 11 is 6.45. The number of aromatic nitrogens is 1. The lowest BCUT2D eigenvalue weighted by molar-refractivity contribution is -0.383. The Morgan fingerprint density at radius 1 is 1.02 bits per heavy atom. The van der Waals surface area contributed by atoms with Gasteiger partial charge >= 0.3 is 7.82 Å². The summed E-state index contributed by atoms with van der Waals surface area (Å²) in [5, 5.41) is 13.5. The number of amides is 1. The molecule has 2 heterocycles. The third-order valence-electron chi connectivity index (χ3n) is 10.1. The van der Waals surface area contributed by atoms with E-state index < -0.39 is 63.3 Å². The Morgan fingerprint density at radius 3 is 2.17 bits per heavy atom. The molecule has 54 heavy (non-hydrogen) atoms. The van der Waals surface area contributed by atoms with Crippen LogP contribution in [-0.2, 0) is 19.1 Å². The predicted molar refractivity (Wildman–Crippen MR) is 204 cm³/mol. The maximum atomic E-state index is 14.2. The van der Waals surface area contributed by atoms with Crippen molar-refractivity contribution in [2.75, 3.05) is 45.3 Å². The second-order valence-corrected chi connectivity index (χ2v) is 18.4. The number of carbonyl (C=O) groups is 1. The van der Waals surface area contributed by atoms with Crippen molar-refractivity contribution in [3.8, 4) is 17.2 Å². The van der Waals surface area contributed by atoms with E-state index in [2.05, 4.69) is 9.71 Å². The molecule has 0 spiro atoms. The molecular weight excluding hydrogens is 767 g/mol. The Kier molecular flexibility index (Phi) is 10.9. The van der Waals surface area contributed by atoms with Gasteiger partial charge in [-0.05, 0) is 46.0 Å². The Balaban J connectivity index is 1.64. The highest BCUT2D eigenvalue weighted by molar-refractivity contribution is 7.89. The van der Waals surface area contributed by atoms with Crippen LogP contribution in [0.1, 0.15) is 63.5 Å². The van der Waals surface area contributed by atoms with Crippen molar-refractivity contribution in [2.24, 2.45) is 10.8 Å². The smallest absolute Gasteiger partial charge is 0.469 e. The van der Waals surface area contributed by atoms with Gasteiger partial charge in [0.1, 0.15) is 5.69 Å². The number of hydrogen-bond donors (Lipinski definition) is 4. The topological polar surface area (TPSA) is 220 Å². The number of non-ortho nitro benzene ring substituents is 1. The van der Waals surface area contributed by atoms with Crippen molar-refractivity contribution in [1.29, 1.82) is 0 Å². The molecule has 294 valence electrons. The number of benzene rings is 3. The number of nitrogens with one attached hydrogen (secondary N) is 2. The van der Waals surface area contributed by atoms with Gasteiger partial charge in [-0.1, -0.05) is 47.6 Å². The van der Waals surface area contributed by atoms with E-state index in [-0.39, 0.29) is 34.1 Å². The van der Waals surface area contributed by atoms with E-state index in [9.17, 15) is 37.7 Å². The minimum atomic E-state index is -5.02. The van der Waals surface area contributed by atoms with Crippen LogP contribution in [0.3, 0.4) is 0 Å². The van der Waals surface area contributed by atoms with E-state index >= 15 is 0 Å². The molecule has 1 aliphatic rings. The first-order valence-corrected chi connectivity index (χ1v) is 20.2. The molecule has 3 aromatic carbocycles. The molecule has 0 fully saturated rings. The third kappa shape index (κ3) is 7.14. The number of carbonyl (C=O) groups excluding carboxylic acids is 1. The van der Waals surface area contributed by atoms with Crippen LogP contribution >= 0.6 is 19.4 Å². The third-order valence-corrected chi connectivity index (χ3v) is 12.4. The van der Waals surface area contributed by atoms with Gasteiger partial charge in [0.2, 0.25) is 15.8 Å². The van der Waals surface area contributed by atoms with Crippen molar-refractivity contribution in [1.82, 2.24) is 9.71 Å². The van der Waals surface area contributed by atoms with Crippen LogP contribution < -0.4 is 23.8 Å². The summed E-state index contributed by atoms with van der Waals surface area (Å²) in [5.41, 5.74) is -2.58. The molecular formula is C35H44ClN4O12PS. The van der Waals surface area contributed by atoms with Crippen molar-refractivity contribution >= 4 is 68.4 Å². The Bertz CT molecular complexity index is 2300. The number of hydrogen-bond acceptors (Lipinski definition) is 10. The van der Waals surface area contributed by atoms with Crippen molar-refractivity contribution in [2.45, 2.75) is 57.9 Å². The van der Waals surface area contributed by atoms with Crippen LogP contribution in [0.25, 0.3) is 21.7 Å². The van der Waals surface area contributed by atoms with Crippen molar-refractivity contribution < 1.29 is 51.2 Å². The van der Waals surface area contributed by atoms with Crippen LogP contribution in [0.5, 0.6) is 17.2 Å². The maximum Gasteiger partial charge on any atom is 0.469 e. The average molecular weight is 811 g/mol. The summed E-state index contributed by atoms with van der Waals surface area (Å²) in [6.45, 7) is 9.63. The van der Waals surface area contributed by atoms with Gasteiger partial charge in [0.25, 0.3) is 11.6 Å². The number of anilines is 1. The van der Waals surface area contributed by atoms with Gasteiger partial charge in [0.05, 0.1) is 59.9 Å². The van der Waals surface area contributed by atoms with Crippen molar-refractivity contribution in [3.05, 3.63) is 57.8 Å². The second kappa shape index (κ2) is 14.3. The highest BCUT2D eigenvalue weighted by Crippen LogP contribution is 2.50.